The van der Waals surface area contributed by atoms with E-state index in [4.69, 9.17) is 0 Å². The number of hydrogen-bond acceptors (Lipinski definition) is 4. The summed E-state index contributed by atoms with van der Waals surface area (Å²) >= 11 is 1.64. The summed E-state index contributed by atoms with van der Waals surface area (Å²) in [7, 11) is 0. The Morgan fingerprint density at radius 1 is 1.10 bits per heavy atom. The third-order valence-electron chi connectivity index (χ3n) is 5.35. The number of allylic oxidation sites excluding steroid dienone is 2. The normalized spacial score (nSPS) is 19.0. The van der Waals surface area contributed by atoms with Gasteiger partial charge in [0.15, 0.2) is 0 Å². The monoisotopic (exact) mass is 406 g/mol. The number of fused-ring (bicyclic) bond motifs is 1. The number of carbonyl (C=O) groups excluding carboxylic acids is 1. The molecule has 2 atom stereocenters. The highest BCUT2D eigenvalue weighted by atomic mass is 32.1. The van der Waals surface area contributed by atoms with Gasteiger partial charge in [0, 0.05) is 11.3 Å². The van der Waals surface area contributed by atoms with Gasteiger partial charge in [0.1, 0.15) is 5.01 Å². The summed E-state index contributed by atoms with van der Waals surface area (Å²) in [5.41, 5.74) is 4.89. The molecule has 2 aromatic carbocycles. The van der Waals surface area contributed by atoms with Crippen molar-refractivity contribution in [2.45, 2.75) is 26.7 Å². The first-order chi connectivity index (χ1) is 13.9. The summed E-state index contributed by atoms with van der Waals surface area (Å²) in [4.78, 5) is 28.9. The number of rotatable bonds is 4. The Kier molecular flexibility index (Phi) is 5.20. The fourth-order valence-corrected chi connectivity index (χ4v) is 4.77. The number of benzene rings is 2. The molecule has 6 heteroatoms. The van der Waals surface area contributed by atoms with E-state index in [1.807, 2.05) is 43.3 Å². The molecule has 0 unspecified atom stereocenters. The molecule has 5 nitrogen and oxygen atoms in total. The number of nitrogens with one attached hydrogen (secondary N) is 1. The molecule has 0 saturated heterocycles. The van der Waals surface area contributed by atoms with Crippen LogP contribution in [0.15, 0.2) is 54.1 Å². The fraction of sp³-hybridized carbons (Fsp3) is 0.261. The lowest BCUT2D eigenvalue weighted by Gasteiger charge is -2.26. The Hall–Kier alpha value is -2.99. The molecule has 3 aromatic rings. The molecular weight excluding hydrogens is 384 g/mol. The van der Waals surface area contributed by atoms with E-state index >= 15 is 0 Å². The number of aliphatic carboxylic acids is 1. The van der Waals surface area contributed by atoms with Crippen LogP contribution in [0.4, 0.5) is 5.69 Å². The number of aromatic nitrogens is 1. The third-order valence-corrected chi connectivity index (χ3v) is 6.41. The van der Waals surface area contributed by atoms with E-state index in [9.17, 15) is 14.7 Å². The Labute approximate surface area is 173 Å². The molecule has 2 N–H and O–H groups in total. The zero-order chi connectivity index (χ0) is 20.5. The molecule has 0 saturated carbocycles. The Morgan fingerprint density at radius 2 is 1.86 bits per heavy atom. The largest absolute Gasteiger partial charge is 0.481 e. The number of anilines is 1. The SMILES string of the molecule is CC1=CC[C@@H](C(=O)O)[C@@H](C(=O)Nc2ccc(-c3nc4ccc(C)cc4s3)cc2)C1. The van der Waals surface area contributed by atoms with Gasteiger partial charge in [0.2, 0.25) is 5.91 Å². The molecule has 1 aromatic heterocycles. The smallest absolute Gasteiger partial charge is 0.307 e. The molecule has 1 aliphatic carbocycles. The molecule has 1 aliphatic rings. The van der Waals surface area contributed by atoms with E-state index in [2.05, 4.69) is 29.4 Å². The van der Waals surface area contributed by atoms with Gasteiger partial charge in [-0.25, -0.2) is 4.98 Å². The van der Waals surface area contributed by atoms with Crippen molar-refractivity contribution in [1.29, 1.82) is 0 Å². The van der Waals surface area contributed by atoms with Crippen molar-refractivity contribution in [2.24, 2.45) is 11.8 Å². The van der Waals surface area contributed by atoms with Crippen LogP contribution in [0.5, 0.6) is 0 Å². The molecule has 1 heterocycles. The van der Waals surface area contributed by atoms with Crippen LogP contribution in [0.3, 0.4) is 0 Å². The predicted octanol–water partition coefficient (Wildman–Crippen LogP) is 5.27. The van der Waals surface area contributed by atoms with Crippen LogP contribution in [0.1, 0.15) is 25.3 Å². The molecule has 4 rings (SSSR count). The number of aryl methyl sites for hydroxylation is 1. The van der Waals surface area contributed by atoms with Crippen molar-refractivity contribution in [1.82, 2.24) is 4.98 Å². The molecule has 0 bridgehead atoms. The summed E-state index contributed by atoms with van der Waals surface area (Å²) in [5.74, 6) is -2.39. The van der Waals surface area contributed by atoms with Crippen LogP contribution >= 0.6 is 11.3 Å². The number of carboxylic acid groups (broad SMARTS) is 1. The van der Waals surface area contributed by atoms with Crippen molar-refractivity contribution in [2.75, 3.05) is 5.32 Å². The van der Waals surface area contributed by atoms with Gasteiger partial charge in [0.25, 0.3) is 0 Å². The Bertz CT molecular complexity index is 1110. The zero-order valence-corrected chi connectivity index (χ0v) is 17.1. The maximum atomic E-state index is 12.7. The van der Waals surface area contributed by atoms with Gasteiger partial charge in [-0.15, -0.1) is 11.3 Å². The van der Waals surface area contributed by atoms with Gasteiger partial charge in [-0.1, -0.05) is 17.7 Å². The summed E-state index contributed by atoms with van der Waals surface area (Å²) in [6.07, 6.45) is 2.79. The second kappa shape index (κ2) is 7.79. The summed E-state index contributed by atoms with van der Waals surface area (Å²) in [6.45, 7) is 4.00. The molecular formula is C23H22N2O3S. The first-order valence-corrected chi connectivity index (χ1v) is 10.4. The number of carboxylic acids is 1. The number of thiazole rings is 1. The minimum absolute atomic E-state index is 0.243. The molecule has 0 fully saturated rings. The topological polar surface area (TPSA) is 79.3 Å². The number of nitrogens with zero attached hydrogens (tertiary/aromatic N) is 1. The lowest BCUT2D eigenvalue weighted by atomic mass is 9.79. The van der Waals surface area contributed by atoms with E-state index in [-0.39, 0.29) is 5.91 Å². The van der Waals surface area contributed by atoms with Crippen molar-refractivity contribution in [3.05, 3.63) is 59.7 Å². The molecule has 0 spiro atoms. The molecule has 0 radical (unpaired) electrons. The van der Waals surface area contributed by atoms with Gasteiger partial charge in [-0.2, -0.15) is 0 Å². The minimum Gasteiger partial charge on any atom is -0.481 e. The van der Waals surface area contributed by atoms with Crippen molar-refractivity contribution < 1.29 is 14.7 Å². The van der Waals surface area contributed by atoms with Gasteiger partial charge in [-0.3, -0.25) is 9.59 Å². The van der Waals surface area contributed by atoms with E-state index < -0.39 is 17.8 Å². The maximum Gasteiger partial charge on any atom is 0.307 e. The van der Waals surface area contributed by atoms with E-state index in [0.717, 1.165) is 26.4 Å². The van der Waals surface area contributed by atoms with Crippen LogP contribution in [0.25, 0.3) is 20.8 Å². The van der Waals surface area contributed by atoms with Gasteiger partial charge in [-0.05, 0) is 68.7 Å². The van der Waals surface area contributed by atoms with Gasteiger partial charge >= 0.3 is 5.97 Å². The number of hydrogen-bond donors (Lipinski definition) is 2. The van der Waals surface area contributed by atoms with Crippen LogP contribution in [-0.2, 0) is 9.59 Å². The maximum absolute atomic E-state index is 12.7. The summed E-state index contributed by atoms with van der Waals surface area (Å²) in [5, 5.41) is 13.3. The highest BCUT2D eigenvalue weighted by Crippen LogP contribution is 2.33. The average molecular weight is 407 g/mol. The first-order valence-electron chi connectivity index (χ1n) is 9.57. The van der Waals surface area contributed by atoms with Gasteiger partial charge in [0.05, 0.1) is 22.1 Å². The van der Waals surface area contributed by atoms with Crippen LogP contribution in [0, 0.1) is 18.8 Å². The van der Waals surface area contributed by atoms with Crippen molar-refractivity contribution >= 4 is 39.1 Å². The summed E-state index contributed by atoms with van der Waals surface area (Å²) in [6, 6.07) is 13.7. The Morgan fingerprint density at radius 3 is 2.59 bits per heavy atom. The van der Waals surface area contributed by atoms with E-state index in [1.165, 1.54) is 5.56 Å². The van der Waals surface area contributed by atoms with Crippen LogP contribution in [0.2, 0.25) is 0 Å². The number of carbonyl (C=O) groups is 2. The Balaban J connectivity index is 1.50. The van der Waals surface area contributed by atoms with Crippen LogP contribution < -0.4 is 5.32 Å². The molecule has 1 amide bonds. The number of amides is 1. The van der Waals surface area contributed by atoms with Crippen LogP contribution in [-0.4, -0.2) is 22.0 Å². The third kappa shape index (κ3) is 4.07. The lowest BCUT2D eigenvalue weighted by Crippen LogP contribution is -2.35. The lowest BCUT2D eigenvalue weighted by molar-refractivity contribution is -0.146. The second-order valence-corrected chi connectivity index (χ2v) is 8.63. The minimum atomic E-state index is -0.921. The highest BCUT2D eigenvalue weighted by molar-refractivity contribution is 7.21. The molecule has 0 aliphatic heterocycles. The highest BCUT2D eigenvalue weighted by Gasteiger charge is 2.35. The molecule has 148 valence electrons. The quantitative estimate of drug-likeness (QED) is 0.579. The molecule has 29 heavy (non-hydrogen) atoms. The second-order valence-electron chi connectivity index (χ2n) is 7.60. The van der Waals surface area contributed by atoms with Crippen molar-refractivity contribution in [3.8, 4) is 10.6 Å². The van der Waals surface area contributed by atoms with Crippen molar-refractivity contribution in [3.63, 3.8) is 0 Å². The van der Waals surface area contributed by atoms with Gasteiger partial charge < -0.3 is 10.4 Å². The van der Waals surface area contributed by atoms with E-state index in [1.54, 1.807) is 11.3 Å². The zero-order valence-electron chi connectivity index (χ0n) is 16.3. The fourth-order valence-electron chi connectivity index (χ4n) is 3.70. The first kappa shape index (κ1) is 19.3. The van der Waals surface area contributed by atoms with E-state index in [0.29, 0.717) is 18.5 Å². The predicted molar refractivity (Wildman–Crippen MR) is 116 cm³/mol. The standard InChI is InChI=1S/C23H22N2O3S/c1-13-3-9-17(23(27)28)18(11-13)21(26)24-16-7-5-15(6-8-16)22-25-19-10-4-14(2)12-20(19)29-22/h3-8,10,12,17-18H,9,11H2,1-2H3,(H,24,26)(H,27,28)/t17-,18+/m1/s1. The average Bonchev–Trinajstić information content (AvgIpc) is 3.11. The summed E-state index contributed by atoms with van der Waals surface area (Å²) < 4.78 is 1.15.